The molecule has 3 radical (unpaired) electrons. The first kappa shape index (κ1) is 99.1. The predicted octanol–water partition coefficient (Wildman–Crippen LogP) is 28.7. The molecule has 13 heteroatoms. The summed E-state index contributed by atoms with van der Waals surface area (Å²) in [7, 11) is -4.46. The Morgan fingerprint density at radius 3 is 0.946 bits per heavy atom. The Labute approximate surface area is 809 Å². The number of pyridine rings is 6. The maximum absolute atomic E-state index is 5.99. The van der Waals surface area contributed by atoms with Gasteiger partial charge in [0.1, 0.15) is 5.75 Å². The van der Waals surface area contributed by atoms with Crippen LogP contribution >= 0.6 is 0 Å². The molecular weight excluding hydrogens is 2150 g/mol. The summed E-state index contributed by atoms with van der Waals surface area (Å²) < 4.78 is 5.99. The van der Waals surface area contributed by atoms with Crippen molar-refractivity contribution in [3.8, 4) is 135 Å². The van der Waals surface area contributed by atoms with Gasteiger partial charge in [0.25, 0.3) is 0 Å². The smallest absolute Gasteiger partial charge is 0.124 e. The zero-order chi connectivity index (χ0) is 88.3. The summed E-state index contributed by atoms with van der Waals surface area (Å²) in [6.45, 7) is 30.5. The number of hydrogen-bond acceptors (Lipinski definition) is 7. The van der Waals surface area contributed by atoms with Crippen LogP contribution in [0.2, 0.25) is 58.9 Å². The van der Waals surface area contributed by atoms with Gasteiger partial charge >= 0.3 is 0 Å². The molecule has 0 spiro atoms. The predicted molar refractivity (Wildman–Crippen MR) is 537 cm³/mol. The largest absolute Gasteiger partial charge is 0.477 e. The standard InChI is InChI=1S/C30H32NSi.C27H26NSi.C26H24NOSi.3C11H8N.3Ir/c1-30(2,3)27-20-28(31-21-29(27)32(4,5)6)26-18-24(22-13-9-7-10-14-22)17-25(19-26)23-15-11-8-12-16-23;1-20-15-26(28-19-27(20)29(2,3)4)25-17-23(21-11-7-5-8-12-21)16-24(18-25)22-13-9-6-10-14-22;1-29(2,3)26-19-27-25(18-24(26)20-11-6-4-7-12-20)21-13-10-16-23(17-21)28-22-14-8-5-9-15-22;3*1-2-6-10(7-3-1)11-8-4-5-9-12-11;;;/h7-18,20-21H,1-6H3;5-17,19H,1-4H3;4-12,14-19H,1-3H3;3*1-6,8-9H;;;/q6*-1;;;. The molecule has 129 heavy (non-hydrogen) atoms. The molecule has 0 bridgehead atoms. The Balaban J connectivity index is 0.000000167. The SMILES string of the molecule is CC(C)(C)c1cc(-c2[c-]c(-c3ccccc3)cc(-c3ccccc3)c2)ncc1[Si](C)(C)C.C[Si](C)(C)c1cnc(-c2[c-]ccc(Oc3ccccc3)c2)cc1-c1ccccc1.Cc1cc(-c2[c-]c(-c3ccccc3)cc(-c3ccccc3)c2)ncc1[Si](C)(C)C.[Ir].[Ir].[Ir].[c-]1ccccc1-c1ccccn1.[c-]1ccccc1-c1ccccn1.[c-]1ccccc1-c1ccccn1. The average molecular weight is 2260 g/mol. The van der Waals surface area contributed by atoms with Gasteiger partial charge in [-0.3, -0.25) is 9.97 Å². The van der Waals surface area contributed by atoms with Crippen molar-refractivity contribution < 1.29 is 65.1 Å². The Morgan fingerprint density at radius 2 is 0.581 bits per heavy atom. The summed E-state index contributed by atoms with van der Waals surface area (Å²) in [5, 5.41) is 4.23. The fourth-order valence-electron chi connectivity index (χ4n) is 14.4. The number of aryl methyl sites for hydroxylation is 1. The summed E-state index contributed by atoms with van der Waals surface area (Å²) in [6.07, 6.45) is 11.6. The maximum Gasteiger partial charge on any atom is 0.124 e. The summed E-state index contributed by atoms with van der Waals surface area (Å²) >= 11 is 0. The van der Waals surface area contributed by atoms with Gasteiger partial charge in [0.15, 0.2) is 0 Å². The van der Waals surface area contributed by atoms with Crippen molar-refractivity contribution in [1.29, 1.82) is 0 Å². The van der Waals surface area contributed by atoms with E-state index in [1.54, 1.807) is 18.6 Å². The third kappa shape index (κ3) is 28.7. The van der Waals surface area contributed by atoms with Crippen LogP contribution in [0.25, 0.3) is 123 Å². The topological polar surface area (TPSA) is 86.6 Å². The molecule has 651 valence electrons. The Hall–Kier alpha value is -12.1. The fourth-order valence-corrected chi connectivity index (χ4v) is 19.3. The fraction of sp³-hybridized carbons (Fsp3) is 0.121. The molecule has 0 fully saturated rings. The van der Waals surface area contributed by atoms with E-state index in [1.807, 2.05) is 182 Å². The molecule has 0 atom stereocenters. The van der Waals surface area contributed by atoms with Crippen molar-refractivity contribution in [1.82, 2.24) is 29.9 Å². The Kier molecular flexibility index (Phi) is 36.8. The zero-order valence-corrected chi connectivity index (χ0v) is 85.5. The monoisotopic (exact) mass is 2260 g/mol. The van der Waals surface area contributed by atoms with Gasteiger partial charge in [-0.2, -0.15) is 0 Å². The molecule has 6 heterocycles. The van der Waals surface area contributed by atoms with E-state index in [4.69, 9.17) is 19.7 Å². The molecule has 0 aliphatic carbocycles. The summed E-state index contributed by atoms with van der Waals surface area (Å²) in [6, 6.07) is 145. The van der Waals surface area contributed by atoms with E-state index in [-0.39, 0.29) is 65.7 Å². The molecule has 12 aromatic carbocycles. The summed E-state index contributed by atoms with van der Waals surface area (Å²) in [5.41, 5.74) is 26.5. The van der Waals surface area contributed by atoms with Crippen LogP contribution in [0.1, 0.15) is 31.9 Å². The number of ether oxygens (including phenoxy) is 1. The molecule has 0 N–H and O–H groups in total. The molecule has 18 rings (SSSR count). The van der Waals surface area contributed by atoms with Crippen LogP contribution in [0.5, 0.6) is 11.5 Å². The van der Waals surface area contributed by atoms with Crippen LogP contribution in [0.4, 0.5) is 0 Å². The van der Waals surface area contributed by atoms with Gasteiger partial charge < -0.3 is 24.7 Å². The average Bonchev–Trinajstić information content (AvgIpc) is 0.769. The Bertz CT molecular complexity index is 6020. The normalized spacial score (nSPS) is 10.8. The number of rotatable bonds is 16. The van der Waals surface area contributed by atoms with Gasteiger partial charge in [-0.25, -0.2) is 0 Å². The molecule has 0 saturated carbocycles. The van der Waals surface area contributed by atoms with Crippen LogP contribution in [-0.4, -0.2) is 54.1 Å². The van der Waals surface area contributed by atoms with Crippen LogP contribution in [0.15, 0.2) is 407 Å². The second kappa shape index (κ2) is 47.8. The molecule has 7 nitrogen and oxygen atoms in total. The van der Waals surface area contributed by atoms with Crippen LogP contribution < -0.4 is 20.3 Å². The van der Waals surface area contributed by atoms with E-state index in [0.717, 1.165) is 90.2 Å². The molecule has 18 aromatic rings. The van der Waals surface area contributed by atoms with Crippen LogP contribution in [0.3, 0.4) is 0 Å². The van der Waals surface area contributed by atoms with Crippen molar-refractivity contribution in [3.05, 3.63) is 455 Å². The van der Waals surface area contributed by atoms with E-state index in [9.17, 15) is 0 Å². The van der Waals surface area contributed by atoms with E-state index >= 15 is 0 Å². The van der Waals surface area contributed by atoms with Gasteiger partial charge in [0.2, 0.25) is 0 Å². The third-order valence-electron chi connectivity index (χ3n) is 20.9. The van der Waals surface area contributed by atoms with E-state index in [1.165, 1.54) is 71.2 Å². The van der Waals surface area contributed by atoms with E-state index in [0.29, 0.717) is 0 Å². The maximum atomic E-state index is 5.99. The second-order valence-corrected chi connectivity index (χ2v) is 49.8. The van der Waals surface area contributed by atoms with Crippen LogP contribution in [-0.2, 0) is 65.7 Å². The van der Waals surface area contributed by atoms with Gasteiger partial charge in [0.05, 0.1) is 24.2 Å². The quantitative estimate of drug-likeness (QED) is 0.0704. The minimum absolute atomic E-state index is 0. The van der Waals surface area contributed by atoms with Gasteiger partial charge in [-0.1, -0.05) is 343 Å². The molecule has 0 amide bonds. The molecule has 0 aliphatic heterocycles. The summed E-state index contributed by atoms with van der Waals surface area (Å²) in [5.74, 6) is 1.60. The van der Waals surface area contributed by atoms with Gasteiger partial charge in [-0.05, 0) is 109 Å². The Morgan fingerprint density at radius 1 is 0.248 bits per heavy atom. The van der Waals surface area contributed by atoms with Gasteiger partial charge in [-0.15, -0.1) is 185 Å². The summed E-state index contributed by atoms with van der Waals surface area (Å²) in [4.78, 5) is 27.3. The van der Waals surface area contributed by atoms with Crippen molar-refractivity contribution in [2.75, 3.05) is 0 Å². The third-order valence-corrected chi connectivity index (χ3v) is 27.1. The molecule has 0 unspecified atom stereocenters. The molecule has 6 aromatic heterocycles. The van der Waals surface area contributed by atoms with Gasteiger partial charge in [0, 0.05) is 115 Å². The first-order valence-electron chi connectivity index (χ1n) is 42.8. The molecule has 0 aliphatic rings. The van der Waals surface area contributed by atoms with Crippen molar-refractivity contribution in [3.63, 3.8) is 0 Å². The minimum atomic E-state index is -1.54. The number of nitrogens with zero attached hydrogens (tertiary/aromatic N) is 6. The van der Waals surface area contributed by atoms with Crippen molar-refractivity contribution in [2.24, 2.45) is 0 Å². The number of aromatic nitrogens is 6. The molecular formula is C116H106Ir3N6OSi3-6. The van der Waals surface area contributed by atoms with Crippen molar-refractivity contribution in [2.45, 2.75) is 92.0 Å². The number of benzene rings is 12. The first-order chi connectivity index (χ1) is 60.9. The van der Waals surface area contributed by atoms with Crippen molar-refractivity contribution >= 4 is 39.8 Å². The second-order valence-electron chi connectivity index (χ2n) is 34.7. The number of hydrogen-bond donors (Lipinski definition) is 0. The molecule has 0 saturated heterocycles. The first-order valence-corrected chi connectivity index (χ1v) is 53.3. The minimum Gasteiger partial charge on any atom is -0.477 e. The van der Waals surface area contributed by atoms with E-state index < -0.39 is 24.2 Å². The van der Waals surface area contributed by atoms with Crippen LogP contribution in [0, 0.1) is 43.3 Å². The zero-order valence-electron chi connectivity index (χ0n) is 75.3. The number of para-hydroxylation sites is 1. The van der Waals surface area contributed by atoms with E-state index in [2.05, 4.69) is 345 Å².